The Kier molecular flexibility index (Phi) is 2.80. The molecule has 6 heteroatoms. The van der Waals surface area contributed by atoms with Crippen molar-refractivity contribution in [2.45, 2.75) is 5.60 Å². The summed E-state index contributed by atoms with van der Waals surface area (Å²) in [5.41, 5.74) is 1.21. The molecule has 2 aliphatic rings. The molecule has 132 valence electrons. The number of carbonyl (C=O) groups excluding carboxylic acids is 1. The molecule has 1 spiro atoms. The number of carboxylic acid groups (broad SMARTS) is 1. The predicted molar refractivity (Wildman–Crippen MR) is 93.9 cm³/mol. The summed E-state index contributed by atoms with van der Waals surface area (Å²) in [6.45, 7) is 0. The zero-order valence-corrected chi connectivity index (χ0v) is 13.8. The van der Waals surface area contributed by atoms with Crippen molar-refractivity contribution in [3.8, 4) is 22.6 Å². The van der Waals surface area contributed by atoms with Gasteiger partial charge < -0.3 is 20.1 Å². The van der Waals surface area contributed by atoms with Crippen LogP contribution in [0.4, 0.5) is 0 Å². The summed E-state index contributed by atoms with van der Waals surface area (Å²) in [6.07, 6.45) is 0. The van der Waals surface area contributed by atoms with E-state index in [0.717, 1.165) is 0 Å². The summed E-state index contributed by atoms with van der Waals surface area (Å²) in [4.78, 5) is 24.5. The molecular weight excluding hydrogens is 348 g/mol. The van der Waals surface area contributed by atoms with Crippen molar-refractivity contribution in [3.63, 3.8) is 0 Å². The number of phenols is 2. The highest BCUT2D eigenvalue weighted by Gasteiger charge is 2.55. The van der Waals surface area contributed by atoms with E-state index in [1.807, 2.05) is 0 Å². The molecular formula is C21H12O6. The molecule has 1 aliphatic carbocycles. The Balaban J connectivity index is 1.97. The van der Waals surface area contributed by atoms with Gasteiger partial charge in [-0.25, -0.2) is 9.59 Å². The van der Waals surface area contributed by atoms with Crippen molar-refractivity contribution in [1.29, 1.82) is 0 Å². The minimum absolute atomic E-state index is 0.0103. The van der Waals surface area contributed by atoms with Crippen LogP contribution < -0.4 is 0 Å². The summed E-state index contributed by atoms with van der Waals surface area (Å²) < 4.78 is 5.84. The Morgan fingerprint density at radius 2 is 1.44 bits per heavy atom. The highest BCUT2D eigenvalue weighted by atomic mass is 16.6. The van der Waals surface area contributed by atoms with Crippen LogP contribution in [0.1, 0.15) is 37.4 Å². The number of fused-ring (bicyclic) bond motifs is 7. The van der Waals surface area contributed by atoms with Gasteiger partial charge in [0.05, 0.1) is 11.1 Å². The molecule has 0 saturated carbocycles. The minimum atomic E-state index is -1.44. The second-order valence-corrected chi connectivity index (χ2v) is 6.56. The maximum absolute atomic E-state index is 12.6. The summed E-state index contributed by atoms with van der Waals surface area (Å²) in [5, 5.41) is 29.6. The largest absolute Gasteiger partial charge is 0.508 e. The molecule has 3 aromatic carbocycles. The van der Waals surface area contributed by atoms with Gasteiger partial charge in [0.15, 0.2) is 5.60 Å². The van der Waals surface area contributed by atoms with Crippen LogP contribution in [-0.4, -0.2) is 27.3 Å². The third kappa shape index (κ3) is 1.79. The zero-order valence-electron chi connectivity index (χ0n) is 13.8. The number of phenolic OH excluding ortho intramolecular Hbond substituents is 2. The van der Waals surface area contributed by atoms with Gasteiger partial charge in [0, 0.05) is 16.7 Å². The Bertz CT molecular complexity index is 1130. The van der Waals surface area contributed by atoms with Crippen molar-refractivity contribution in [3.05, 3.63) is 82.4 Å². The SMILES string of the molecule is O=C(O)c1cccc2c1C1(OC2=O)c2ccc(O)cc2-c2cc(O)ccc21. The van der Waals surface area contributed by atoms with Gasteiger partial charge in [-0.1, -0.05) is 18.2 Å². The summed E-state index contributed by atoms with van der Waals surface area (Å²) in [5.74, 6) is -1.77. The lowest BCUT2D eigenvalue weighted by Gasteiger charge is -2.27. The van der Waals surface area contributed by atoms with E-state index in [2.05, 4.69) is 0 Å². The lowest BCUT2D eigenvalue weighted by molar-refractivity contribution is 0.0259. The number of carboxylic acids is 1. The lowest BCUT2D eigenvalue weighted by Crippen LogP contribution is -2.28. The summed E-state index contributed by atoms with van der Waals surface area (Å²) >= 11 is 0. The van der Waals surface area contributed by atoms with E-state index in [0.29, 0.717) is 22.3 Å². The second kappa shape index (κ2) is 4.88. The average Bonchev–Trinajstić information content (AvgIpc) is 3.08. The fourth-order valence-electron chi connectivity index (χ4n) is 4.17. The first-order valence-electron chi connectivity index (χ1n) is 8.21. The number of hydrogen-bond donors (Lipinski definition) is 3. The van der Waals surface area contributed by atoms with E-state index >= 15 is 0 Å². The highest BCUT2D eigenvalue weighted by molar-refractivity contribution is 6.04. The molecule has 0 atom stereocenters. The number of carbonyl (C=O) groups is 2. The van der Waals surface area contributed by atoms with Crippen LogP contribution >= 0.6 is 0 Å². The Labute approximate surface area is 152 Å². The number of aromatic hydroxyl groups is 2. The van der Waals surface area contributed by atoms with Crippen LogP contribution in [0.25, 0.3) is 11.1 Å². The lowest BCUT2D eigenvalue weighted by atomic mass is 9.81. The monoisotopic (exact) mass is 360 g/mol. The molecule has 0 saturated heterocycles. The summed E-state index contributed by atoms with van der Waals surface area (Å²) in [6, 6.07) is 13.7. The smallest absolute Gasteiger partial charge is 0.340 e. The molecule has 27 heavy (non-hydrogen) atoms. The average molecular weight is 360 g/mol. The zero-order chi connectivity index (χ0) is 18.9. The molecule has 1 aliphatic heterocycles. The van der Waals surface area contributed by atoms with Gasteiger partial charge in [0.2, 0.25) is 0 Å². The molecule has 0 fully saturated rings. The van der Waals surface area contributed by atoms with Gasteiger partial charge in [-0.3, -0.25) is 0 Å². The molecule has 0 amide bonds. The van der Waals surface area contributed by atoms with E-state index < -0.39 is 17.5 Å². The van der Waals surface area contributed by atoms with E-state index in [1.165, 1.54) is 42.5 Å². The molecule has 3 aromatic rings. The van der Waals surface area contributed by atoms with E-state index in [-0.39, 0.29) is 28.2 Å². The second-order valence-electron chi connectivity index (χ2n) is 6.56. The Morgan fingerprint density at radius 1 is 0.852 bits per heavy atom. The van der Waals surface area contributed by atoms with Gasteiger partial charge in [-0.2, -0.15) is 0 Å². The number of rotatable bonds is 1. The van der Waals surface area contributed by atoms with Crippen molar-refractivity contribution in [1.82, 2.24) is 0 Å². The van der Waals surface area contributed by atoms with Crippen LogP contribution in [0, 0.1) is 0 Å². The quantitative estimate of drug-likeness (QED) is 0.576. The Morgan fingerprint density at radius 3 is 2.00 bits per heavy atom. The maximum atomic E-state index is 12.6. The molecule has 0 unspecified atom stereocenters. The van der Waals surface area contributed by atoms with Crippen molar-refractivity contribution in [2.75, 3.05) is 0 Å². The van der Waals surface area contributed by atoms with E-state index in [4.69, 9.17) is 4.74 Å². The Hall–Kier alpha value is -3.80. The molecule has 5 rings (SSSR count). The van der Waals surface area contributed by atoms with Crippen LogP contribution in [0.5, 0.6) is 11.5 Å². The molecule has 3 N–H and O–H groups in total. The van der Waals surface area contributed by atoms with Crippen molar-refractivity contribution in [2.24, 2.45) is 0 Å². The molecule has 0 radical (unpaired) electrons. The predicted octanol–water partition coefficient (Wildman–Crippen LogP) is 3.24. The fourth-order valence-corrected chi connectivity index (χ4v) is 4.17. The number of esters is 1. The topological polar surface area (TPSA) is 104 Å². The van der Waals surface area contributed by atoms with Gasteiger partial charge >= 0.3 is 11.9 Å². The molecule has 1 heterocycles. The van der Waals surface area contributed by atoms with Crippen molar-refractivity contribution >= 4 is 11.9 Å². The minimum Gasteiger partial charge on any atom is -0.508 e. The van der Waals surface area contributed by atoms with Crippen LogP contribution in [0.15, 0.2) is 54.6 Å². The van der Waals surface area contributed by atoms with Crippen LogP contribution in [0.2, 0.25) is 0 Å². The standard InChI is InChI=1S/C21H12O6/c22-10-4-6-16-14(8-10)15-9-11(23)5-7-17(15)21(16)18-12(19(24)25)2-1-3-13(18)20(26)27-21/h1-9,22-23H,(H,24,25). The highest BCUT2D eigenvalue weighted by Crippen LogP contribution is 2.58. The maximum Gasteiger partial charge on any atom is 0.340 e. The van der Waals surface area contributed by atoms with Gasteiger partial charge in [-0.15, -0.1) is 0 Å². The first-order valence-corrected chi connectivity index (χ1v) is 8.21. The van der Waals surface area contributed by atoms with Gasteiger partial charge in [0.25, 0.3) is 0 Å². The number of ether oxygens (including phenoxy) is 1. The fraction of sp³-hybridized carbons (Fsp3) is 0.0476. The van der Waals surface area contributed by atoms with Gasteiger partial charge in [-0.05, 0) is 47.5 Å². The van der Waals surface area contributed by atoms with E-state index in [1.54, 1.807) is 12.1 Å². The molecule has 0 bridgehead atoms. The van der Waals surface area contributed by atoms with Crippen molar-refractivity contribution < 1.29 is 29.6 Å². The third-order valence-electron chi connectivity index (χ3n) is 5.17. The van der Waals surface area contributed by atoms with Crippen LogP contribution in [-0.2, 0) is 10.3 Å². The number of benzene rings is 3. The van der Waals surface area contributed by atoms with Gasteiger partial charge in [0.1, 0.15) is 11.5 Å². The summed E-state index contributed by atoms with van der Waals surface area (Å²) in [7, 11) is 0. The normalized spacial score (nSPS) is 15.2. The number of aromatic carboxylic acids is 1. The third-order valence-corrected chi connectivity index (χ3v) is 5.17. The molecule has 6 nitrogen and oxygen atoms in total. The molecule has 0 aromatic heterocycles. The van der Waals surface area contributed by atoms with Crippen LogP contribution in [0.3, 0.4) is 0 Å². The number of hydrogen-bond acceptors (Lipinski definition) is 5. The van der Waals surface area contributed by atoms with E-state index in [9.17, 15) is 24.9 Å². The first kappa shape index (κ1) is 15.5. The first-order chi connectivity index (χ1) is 12.9.